The molecule has 1 aromatic carbocycles. The van der Waals surface area contributed by atoms with Crippen LogP contribution < -0.4 is 5.32 Å². The van der Waals surface area contributed by atoms with E-state index in [1.165, 1.54) is 44.5 Å². The van der Waals surface area contributed by atoms with Gasteiger partial charge in [-0.05, 0) is 64.7 Å². The lowest BCUT2D eigenvalue weighted by molar-refractivity contribution is 0.211. The quantitative estimate of drug-likeness (QED) is 0.572. The second kappa shape index (κ2) is 8.63. The maximum absolute atomic E-state index is 13.7. The molecule has 1 saturated heterocycles. The molecule has 3 heterocycles. The van der Waals surface area contributed by atoms with Crippen LogP contribution in [0.15, 0.2) is 18.3 Å². The molecule has 0 saturated carbocycles. The van der Waals surface area contributed by atoms with Crippen LogP contribution >= 0.6 is 11.6 Å². The van der Waals surface area contributed by atoms with Crippen molar-refractivity contribution in [3.63, 3.8) is 0 Å². The minimum Gasteiger partial charge on any atom is -0.354 e. The van der Waals surface area contributed by atoms with Crippen molar-refractivity contribution in [1.82, 2.24) is 24.8 Å². The van der Waals surface area contributed by atoms with Crippen LogP contribution in [0.2, 0.25) is 5.02 Å². The van der Waals surface area contributed by atoms with Gasteiger partial charge in [0, 0.05) is 18.8 Å². The molecular formula is C21H26ClFN6. The van der Waals surface area contributed by atoms with E-state index in [-0.39, 0.29) is 5.02 Å². The van der Waals surface area contributed by atoms with E-state index in [4.69, 9.17) is 11.6 Å². The summed E-state index contributed by atoms with van der Waals surface area (Å²) in [4.78, 5) is 19.0. The second-order valence-electron chi connectivity index (χ2n) is 7.88. The lowest BCUT2D eigenvalue weighted by atomic mass is 9.92. The number of H-pyrrole nitrogens is 1. The molecule has 0 unspecified atom stereocenters. The summed E-state index contributed by atoms with van der Waals surface area (Å²) in [7, 11) is 2.19. The van der Waals surface area contributed by atoms with Crippen molar-refractivity contribution in [3.8, 4) is 11.4 Å². The second-order valence-corrected chi connectivity index (χ2v) is 8.28. The van der Waals surface area contributed by atoms with Crippen molar-refractivity contribution in [2.24, 2.45) is 5.92 Å². The summed E-state index contributed by atoms with van der Waals surface area (Å²) in [6, 6.07) is 2.87. The zero-order chi connectivity index (χ0) is 20.4. The SMILES string of the molecule is Cc1nc(NCCCC2CCN(C)CC2)ncc1-c1nc2cc(Cl)c(F)cc2[nH]1. The Bertz CT molecular complexity index is 957. The average Bonchev–Trinajstić information content (AvgIpc) is 3.09. The number of piperidine rings is 1. The van der Waals surface area contributed by atoms with Crippen molar-refractivity contribution < 1.29 is 4.39 Å². The Morgan fingerprint density at radius 3 is 2.83 bits per heavy atom. The molecule has 0 amide bonds. The smallest absolute Gasteiger partial charge is 0.222 e. The summed E-state index contributed by atoms with van der Waals surface area (Å²) in [5.41, 5.74) is 2.80. The Morgan fingerprint density at radius 2 is 2.07 bits per heavy atom. The molecule has 2 aromatic heterocycles. The Labute approximate surface area is 174 Å². The van der Waals surface area contributed by atoms with E-state index in [0.717, 1.165) is 30.1 Å². The summed E-state index contributed by atoms with van der Waals surface area (Å²) in [6.07, 6.45) is 6.71. The highest BCUT2D eigenvalue weighted by atomic mass is 35.5. The van der Waals surface area contributed by atoms with Gasteiger partial charge in [0.2, 0.25) is 5.95 Å². The number of fused-ring (bicyclic) bond motifs is 1. The molecule has 8 heteroatoms. The highest BCUT2D eigenvalue weighted by Gasteiger charge is 2.16. The van der Waals surface area contributed by atoms with Crippen LogP contribution in [-0.2, 0) is 0 Å². The number of imidazole rings is 1. The lowest BCUT2D eigenvalue weighted by Gasteiger charge is -2.28. The first-order valence-corrected chi connectivity index (χ1v) is 10.5. The zero-order valence-electron chi connectivity index (χ0n) is 16.8. The molecule has 4 rings (SSSR count). The third-order valence-electron chi connectivity index (χ3n) is 5.67. The largest absolute Gasteiger partial charge is 0.354 e. The molecule has 0 spiro atoms. The van der Waals surface area contributed by atoms with Gasteiger partial charge in [-0.15, -0.1) is 0 Å². The third kappa shape index (κ3) is 4.67. The number of hydrogen-bond acceptors (Lipinski definition) is 5. The monoisotopic (exact) mass is 416 g/mol. The number of nitrogens with zero attached hydrogens (tertiary/aromatic N) is 4. The van der Waals surface area contributed by atoms with Crippen LogP contribution in [-0.4, -0.2) is 51.5 Å². The summed E-state index contributed by atoms with van der Waals surface area (Å²) < 4.78 is 13.7. The van der Waals surface area contributed by atoms with Gasteiger partial charge in [0.05, 0.1) is 27.3 Å². The Balaban J connectivity index is 1.36. The fourth-order valence-corrected chi connectivity index (χ4v) is 4.02. The van der Waals surface area contributed by atoms with Gasteiger partial charge in [0.15, 0.2) is 0 Å². The van der Waals surface area contributed by atoms with Gasteiger partial charge in [0.25, 0.3) is 0 Å². The maximum Gasteiger partial charge on any atom is 0.222 e. The van der Waals surface area contributed by atoms with Crippen LogP contribution in [0, 0.1) is 18.7 Å². The van der Waals surface area contributed by atoms with E-state index in [1.54, 1.807) is 6.20 Å². The van der Waals surface area contributed by atoms with Gasteiger partial charge in [0.1, 0.15) is 11.6 Å². The summed E-state index contributed by atoms with van der Waals surface area (Å²) in [5.74, 6) is 1.60. The summed E-state index contributed by atoms with van der Waals surface area (Å²) >= 11 is 5.85. The van der Waals surface area contributed by atoms with Gasteiger partial charge in [-0.1, -0.05) is 11.6 Å². The maximum atomic E-state index is 13.7. The van der Waals surface area contributed by atoms with Crippen molar-refractivity contribution in [1.29, 1.82) is 0 Å². The molecule has 3 aromatic rings. The van der Waals surface area contributed by atoms with E-state index < -0.39 is 5.82 Å². The fourth-order valence-electron chi connectivity index (χ4n) is 3.86. The van der Waals surface area contributed by atoms with Crippen molar-refractivity contribution in [2.75, 3.05) is 32.0 Å². The number of halogens is 2. The number of benzene rings is 1. The number of hydrogen-bond donors (Lipinski definition) is 2. The lowest BCUT2D eigenvalue weighted by Crippen LogP contribution is -2.30. The molecule has 29 heavy (non-hydrogen) atoms. The van der Waals surface area contributed by atoms with Gasteiger partial charge in [-0.2, -0.15) is 0 Å². The van der Waals surface area contributed by atoms with Gasteiger partial charge in [-0.25, -0.2) is 19.3 Å². The molecule has 2 N–H and O–H groups in total. The molecule has 6 nitrogen and oxygen atoms in total. The third-order valence-corrected chi connectivity index (χ3v) is 5.96. The zero-order valence-corrected chi connectivity index (χ0v) is 17.6. The standard InChI is InChI=1S/C21H26ClFN6/c1-13-15(20-27-18-10-16(22)17(23)11-19(18)28-20)12-25-21(26-13)24-7-3-4-14-5-8-29(2)9-6-14/h10-12,14H,3-9H2,1-2H3,(H,27,28)(H,24,25,26). The number of likely N-dealkylation sites (tertiary alicyclic amines) is 1. The van der Waals surface area contributed by atoms with Gasteiger partial charge < -0.3 is 15.2 Å². The van der Waals surface area contributed by atoms with Crippen molar-refractivity contribution in [3.05, 3.63) is 34.9 Å². The topological polar surface area (TPSA) is 69.7 Å². The van der Waals surface area contributed by atoms with Crippen molar-refractivity contribution >= 4 is 28.6 Å². The fraction of sp³-hybridized carbons (Fsp3) is 0.476. The molecule has 0 bridgehead atoms. The van der Waals surface area contributed by atoms with E-state index in [0.29, 0.717) is 22.8 Å². The summed E-state index contributed by atoms with van der Waals surface area (Å²) in [5, 5.41) is 3.38. The highest BCUT2D eigenvalue weighted by Crippen LogP contribution is 2.26. The van der Waals surface area contributed by atoms with Crippen LogP contribution in [0.4, 0.5) is 10.3 Å². The van der Waals surface area contributed by atoms with E-state index in [1.807, 2.05) is 6.92 Å². The van der Waals surface area contributed by atoms with Crippen LogP contribution in [0.25, 0.3) is 22.4 Å². The van der Waals surface area contributed by atoms with E-state index in [2.05, 4.69) is 37.2 Å². The first-order chi connectivity index (χ1) is 14.0. The van der Waals surface area contributed by atoms with Gasteiger partial charge >= 0.3 is 0 Å². The number of nitrogens with one attached hydrogen (secondary N) is 2. The molecule has 1 aliphatic heterocycles. The van der Waals surface area contributed by atoms with Gasteiger partial charge in [-0.3, -0.25) is 0 Å². The molecule has 0 radical (unpaired) electrons. The van der Waals surface area contributed by atoms with E-state index in [9.17, 15) is 4.39 Å². The number of rotatable bonds is 6. The summed E-state index contributed by atoms with van der Waals surface area (Å²) in [6.45, 7) is 5.21. The molecular weight excluding hydrogens is 391 g/mol. The molecule has 1 fully saturated rings. The Morgan fingerprint density at radius 1 is 1.28 bits per heavy atom. The first-order valence-electron chi connectivity index (χ1n) is 10.1. The minimum absolute atomic E-state index is 0.0586. The van der Waals surface area contributed by atoms with E-state index >= 15 is 0 Å². The predicted octanol–water partition coefficient (Wildman–Crippen LogP) is 4.65. The number of aromatic amines is 1. The molecule has 0 aliphatic carbocycles. The molecule has 154 valence electrons. The van der Waals surface area contributed by atoms with Crippen LogP contribution in [0.3, 0.4) is 0 Å². The Hall–Kier alpha value is -2.25. The highest BCUT2D eigenvalue weighted by molar-refractivity contribution is 6.31. The molecule has 1 aliphatic rings. The van der Waals surface area contributed by atoms with Crippen LogP contribution in [0.5, 0.6) is 0 Å². The Kier molecular flexibility index (Phi) is 5.96. The number of anilines is 1. The van der Waals surface area contributed by atoms with Crippen LogP contribution in [0.1, 0.15) is 31.4 Å². The normalized spacial score (nSPS) is 15.9. The number of aryl methyl sites for hydroxylation is 1. The number of aromatic nitrogens is 4. The first kappa shape index (κ1) is 20.0. The van der Waals surface area contributed by atoms with Crippen molar-refractivity contribution in [2.45, 2.75) is 32.6 Å². The minimum atomic E-state index is -0.470. The average molecular weight is 417 g/mol. The molecule has 0 atom stereocenters. The predicted molar refractivity (Wildman–Crippen MR) is 115 cm³/mol.